The van der Waals surface area contributed by atoms with E-state index in [0.717, 1.165) is 32.0 Å². The lowest BCUT2D eigenvalue weighted by Crippen LogP contribution is -2.45. The number of morpholine rings is 1. The molecule has 1 saturated heterocycles. The van der Waals surface area contributed by atoms with Crippen LogP contribution in [0.15, 0.2) is 0 Å². The molecule has 2 N–H and O–H groups in total. The fraction of sp³-hybridized carbons (Fsp3) is 0.750. The van der Waals surface area contributed by atoms with Crippen molar-refractivity contribution in [3.63, 3.8) is 0 Å². The molecule has 3 rings (SSSR count). The number of hydrogen-bond acceptors (Lipinski definition) is 5. The molecule has 1 aromatic heterocycles. The molecule has 2 fully saturated rings. The molecule has 0 bridgehead atoms. The molecular weight excluding hydrogens is 234 g/mol. The molecule has 1 unspecified atom stereocenters. The molecule has 17 heavy (non-hydrogen) atoms. The van der Waals surface area contributed by atoms with Gasteiger partial charge in [-0.25, -0.2) is 0 Å². The number of rotatable bonds is 3. The number of anilines is 2. The zero-order valence-corrected chi connectivity index (χ0v) is 11.0. The summed E-state index contributed by atoms with van der Waals surface area (Å²) in [7, 11) is 0. The molecule has 4 nitrogen and oxygen atoms in total. The average Bonchev–Trinajstić information content (AvgIpc) is 3.12. The van der Waals surface area contributed by atoms with Crippen LogP contribution in [-0.2, 0) is 4.74 Å². The van der Waals surface area contributed by atoms with E-state index >= 15 is 0 Å². The topological polar surface area (TPSA) is 51.4 Å². The molecule has 1 saturated carbocycles. The van der Waals surface area contributed by atoms with Crippen LogP contribution in [0.1, 0.15) is 37.7 Å². The van der Waals surface area contributed by atoms with Gasteiger partial charge in [0.25, 0.3) is 0 Å². The summed E-state index contributed by atoms with van der Waals surface area (Å²) in [6.07, 6.45) is 3.66. The fourth-order valence-electron chi connectivity index (χ4n) is 2.52. The van der Waals surface area contributed by atoms with Crippen LogP contribution in [0.2, 0.25) is 0 Å². The van der Waals surface area contributed by atoms with E-state index in [1.165, 1.54) is 23.4 Å². The molecule has 1 atom stereocenters. The third-order valence-electron chi connectivity index (χ3n) is 3.68. The third-order valence-corrected chi connectivity index (χ3v) is 4.60. The first-order chi connectivity index (χ1) is 8.31. The van der Waals surface area contributed by atoms with Gasteiger partial charge >= 0.3 is 0 Å². The van der Waals surface area contributed by atoms with Crippen LogP contribution in [0.4, 0.5) is 10.8 Å². The van der Waals surface area contributed by atoms with Crippen molar-refractivity contribution >= 4 is 22.4 Å². The molecule has 94 valence electrons. The Morgan fingerprint density at radius 2 is 2.35 bits per heavy atom. The summed E-state index contributed by atoms with van der Waals surface area (Å²) in [6.45, 7) is 4.84. The third kappa shape index (κ3) is 2.02. The molecule has 0 aromatic carbocycles. The lowest BCUT2D eigenvalue weighted by molar-refractivity contribution is 0.0933. The number of aromatic nitrogens is 1. The number of hydrogen-bond donors (Lipinski definition) is 1. The number of nitrogens with two attached hydrogens (primary N) is 1. The summed E-state index contributed by atoms with van der Waals surface area (Å²) in [5, 5.41) is 1.31. The first kappa shape index (κ1) is 11.3. The Labute approximate surface area is 106 Å². The summed E-state index contributed by atoms with van der Waals surface area (Å²) in [6, 6.07) is 0.487. The smallest absolute Gasteiger partial charge is 0.142 e. The standard InChI is InChI=1S/C12H19N3OS/c1-2-9-7-16-6-5-15(9)12-10(8-3-4-8)11(13)14-17-12/h8-9H,2-7H2,1H3,(H2,13,14). The van der Waals surface area contributed by atoms with Crippen molar-refractivity contribution in [1.82, 2.24) is 4.37 Å². The normalized spacial score (nSPS) is 25.2. The van der Waals surface area contributed by atoms with Gasteiger partial charge in [0.1, 0.15) is 10.8 Å². The van der Waals surface area contributed by atoms with Gasteiger partial charge in [0.15, 0.2) is 0 Å². The second-order valence-electron chi connectivity index (χ2n) is 4.89. The molecule has 0 spiro atoms. The second-order valence-corrected chi connectivity index (χ2v) is 5.64. The highest BCUT2D eigenvalue weighted by atomic mass is 32.1. The van der Waals surface area contributed by atoms with Crippen LogP contribution >= 0.6 is 11.5 Å². The monoisotopic (exact) mass is 253 g/mol. The maximum Gasteiger partial charge on any atom is 0.142 e. The minimum Gasteiger partial charge on any atom is -0.383 e. The molecule has 1 aliphatic carbocycles. The van der Waals surface area contributed by atoms with Gasteiger partial charge in [-0.1, -0.05) is 6.92 Å². The average molecular weight is 253 g/mol. The lowest BCUT2D eigenvalue weighted by Gasteiger charge is -2.36. The highest BCUT2D eigenvalue weighted by Gasteiger charge is 2.34. The van der Waals surface area contributed by atoms with Crippen LogP contribution in [0.3, 0.4) is 0 Å². The van der Waals surface area contributed by atoms with E-state index in [-0.39, 0.29) is 0 Å². The Balaban J connectivity index is 1.91. The van der Waals surface area contributed by atoms with Crippen molar-refractivity contribution in [2.24, 2.45) is 0 Å². The van der Waals surface area contributed by atoms with Crippen LogP contribution in [0.5, 0.6) is 0 Å². The Bertz CT molecular complexity index is 402. The number of ether oxygens (including phenoxy) is 1. The van der Waals surface area contributed by atoms with Gasteiger partial charge in [0, 0.05) is 12.1 Å². The van der Waals surface area contributed by atoms with Crippen molar-refractivity contribution in [3.8, 4) is 0 Å². The second kappa shape index (κ2) is 4.46. The van der Waals surface area contributed by atoms with Gasteiger partial charge in [-0.3, -0.25) is 0 Å². The van der Waals surface area contributed by atoms with Crippen LogP contribution in [-0.4, -0.2) is 30.2 Å². The Hall–Kier alpha value is -0.810. The van der Waals surface area contributed by atoms with Crippen molar-refractivity contribution in [3.05, 3.63) is 5.56 Å². The van der Waals surface area contributed by atoms with Crippen molar-refractivity contribution in [2.45, 2.75) is 38.1 Å². The van der Waals surface area contributed by atoms with Crippen LogP contribution in [0.25, 0.3) is 0 Å². The zero-order chi connectivity index (χ0) is 11.8. The summed E-state index contributed by atoms with van der Waals surface area (Å²) < 4.78 is 9.92. The first-order valence-electron chi connectivity index (χ1n) is 6.40. The Morgan fingerprint density at radius 3 is 3.06 bits per heavy atom. The molecule has 5 heteroatoms. The minimum absolute atomic E-state index is 0.487. The quantitative estimate of drug-likeness (QED) is 0.897. The van der Waals surface area contributed by atoms with Crippen LogP contribution in [0, 0.1) is 0 Å². The van der Waals surface area contributed by atoms with E-state index < -0.39 is 0 Å². The predicted octanol–water partition coefficient (Wildman–Crippen LogP) is 2.22. The first-order valence-corrected chi connectivity index (χ1v) is 7.18. The molecule has 2 aliphatic rings. The zero-order valence-electron chi connectivity index (χ0n) is 10.2. The number of nitrogen functional groups attached to an aromatic ring is 1. The van der Waals surface area contributed by atoms with E-state index in [0.29, 0.717) is 12.0 Å². The largest absolute Gasteiger partial charge is 0.383 e. The molecule has 0 radical (unpaired) electrons. The van der Waals surface area contributed by atoms with Crippen LogP contribution < -0.4 is 10.6 Å². The predicted molar refractivity (Wildman–Crippen MR) is 70.7 cm³/mol. The summed E-state index contributed by atoms with van der Waals surface area (Å²) in [5.41, 5.74) is 7.33. The SMILES string of the molecule is CCC1COCCN1c1snc(N)c1C1CC1. The Kier molecular flexibility index (Phi) is 2.96. The van der Waals surface area contributed by atoms with Gasteiger partial charge in [0.2, 0.25) is 0 Å². The van der Waals surface area contributed by atoms with E-state index in [1.807, 2.05) is 0 Å². The van der Waals surface area contributed by atoms with Crippen molar-refractivity contribution < 1.29 is 4.74 Å². The molecular formula is C12H19N3OS. The van der Waals surface area contributed by atoms with Gasteiger partial charge in [0.05, 0.1) is 19.3 Å². The highest BCUT2D eigenvalue weighted by Crippen LogP contribution is 2.49. The van der Waals surface area contributed by atoms with Crippen molar-refractivity contribution in [2.75, 3.05) is 30.4 Å². The van der Waals surface area contributed by atoms with Gasteiger partial charge in [-0.15, -0.1) is 0 Å². The molecule has 0 amide bonds. The maximum absolute atomic E-state index is 6.02. The van der Waals surface area contributed by atoms with E-state index in [2.05, 4.69) is 16.2 Å². The summed E-state index contributed by atoms with van der Waals surface area (Å²) in [4.78, 5) is 2.46. The van der Waals surface area contributed by atoms with Crippen molar-refractivity contribution in [1.29, 1.82) is 0 Å². The van der Waals surface area contributed by atoms with E-state index in [1.54, 1.807) is 11.5 Å². The highest BCUT2D eigenvalue weighted by molar-refractivity contribution is 7.10. The molecule has 1 aromatic rings. The van der Waals surface area contributed by atoms with E-state index in [4.69, 9.17) is 10.5 Å². The van der Waals surface area contributed by atoms with Gasteiger partial charge in [-0.2, -0.15) is 4.37 Å². The van der Waals surface area contributed by atoms with E-state index in [9.17, 15) is 0 Å². The summed E-state index contributed by atoms with van der Waals surface area (Å²) >= 11 is 1.57. The maximum atomic E-state index is 6.02. The Morgan fingerprint density at radius 1 is 1.53 bits per heavy atom. The lowest BCUT2D eigenvalue weighted by atomic mass is 10.1. The molecule has 2 heterocycles. The number of nitrogens with zero attached hydrogens (tertiary/aromatic N) is 2. The minimum atomic E-state index is 0.487. The fourth-order valence-corrected chi connectivity index (χ4v) is 3.52. The summed E-state index contributed by atoms with van der Waals surface area (Å²) in [5.74, 6) is 1.43. The molecule has 1 aliphatic heterocycles. The van der Waals surface area contributed by atoms with Gasteiger partial charge < -0.3 is 15.4 Å². The van der Waals surface area contributed by atoms with Gasteiger partial charge in [-0.05, 0) is 36.7 Å².